The number of aromatic nitrogens is 1. The van der Waals surface area contributed by atoms with Crippen LogP contribution in [-0.4, -0.2) is 40.2 Å². The second-order valence-corrected chi connectivity index (χ2v) is 13.1. The van der Waals surface area contributed by atoms with Crippen molar-refractivity contribution < 1.29 is 19.4 Å². The number of piperidine rings is 1. The lowest BCUT2D eigenvalue weighted by atomic mass is 9.82. The molecule has 1 aromatic heterocycles. The summed E-state index contributed by atoms with van der Waals surface area (Å²) in [6, 6.07) is 17.4. The zero-order chi connectivity index (χ0) is 28.8. The summed E-state index contributed by atoms with van der Waals surface area (Å²) in [6.45, 7) is 3.96. The molecule has 220 valence electrons. The van der Waals surface area contributed by atoms with Gasteiger partial charge in [0.05, 0.1) is 13.0 Å². The monoisotopic (exact) mass is 566 g/mol. The molecular formula is C36H42N2O4. The van der Waals surface area contributed by atoms with Gasteiger partial charge in [-0.25, -0.2) is 4.98 Å². The topological polar surface area (TPSA) is 71.9 Å². The quantitative estimate of drug-likeness (QED) is 0.288. The number of likely N-dealkylation sites (tertiary alicyclic amines) is 1. The maximum Gasteiger partial charge on any atom is 0.306 e. The van der Waals surface area contributed by atoms with Crippen molar-refractivity contribution >= 4 is 5.97 Å². The van der Waals surface area contributed by atoms with Gasteiger partial charge in [-0.3, -0.25) is 9.69 Å². The van der Waals surface area contributed by atoms with Crippen LogP contribution in [0, 0.1) is 11.8 Å². The van der Waals surface area contributed by atoms with Crippen molar-refractivity contribution in [3.05, 3.63) is 77.0 Å². The average Bonchev–Trinajstić information content (AvgIpc) is 3.96. The molecule has 2 aromatic carbocycles. The number of benzene rings is 2. The summed E-state index contributed by atoms with van der Waals surface area (Å²) in [5, 5.41) is 9.81. The molecule has 4 aliphatic rings. The fourth-order valence-corrected chi connectivity index (χ4v) is 7.64. The fraction of sp³-hybridized carbons (Fsp3) is 0.500. The SMILES string of the molecule is COc1cc(-c2ccc(C3CCc4ccc([C@H](C5CC5)[C@H](C)C(=O)O)cc4O3)c(CN3CCCCC34CC4)c2)ccn1. The van der Waals surface area contributed by atoms with Crippen LogP contribution in [0.25, 0.3) is 11.1 Å². The Morgan fingerprint density at radius 3 is 2.67 bits per heavy atom. The van der Waals surface area contributed by atoms with Crippen molar-refractivity contribution in [2.75, 3.05) is 13.7 Å². The van der Waals surface area contributed by atoms with Gasteiger partial charge in [-0.05, 0) is 121 Å². The predicted octanol–water partition coefficient (Wildman–Crippen LogP) is 7.56. The molecule has 3 heterocycles. The van der Waals surface area contributed by atoms with Crippen molar-refractivity contribution in [1.82, 2.24) is 9.88 Å². The molecule has 0 bridgehead atoms. The second kappa shape index (κ2) is 11.0. The summed E-state index contributed by atoms with van der Waals surface area (Å²) < 4.78 is 12.2. The minimum Gasteiger partial charge on any atom is -0.485 e. The Morgan fingerprint density at radius 1 is 1.07 bits per heavy atom. The molecule has 2 aliphatic carbocycles. The maximum atomic E-state index is 11.9. The van der Waals surface area contributed by atoms with Crippen LogP contribution in [0.1, 0.15) is 92.6 Å². The summed E-state index contributed by atoms with van der Waals surface area (Å²) in [7, 11) is 1.66. The van der Waals surface area contributed by atoms with Crippen LogP contribution in [0.15, 0.2) is 54.7 Å². The van der Waals surface area contributed by atoms with Crippen LogP contribution < -0.4 is 9.47 Å². The Hall–Kier alpha value is -3.38. The van der Waals surface area contributed by atoms with E-state index in [1.54, 1.807) is 7.11 Å². The number of carboxylic acids is 1. The van der Waals surface area contributed by atoms with Gasteiger partial charge in [-0.2, -0.15) is 0 Å². The maximum absolute atomic E-state index is 11.9. The van der Waals surface area contributed by atoms with Crippen LogP contribution in [-0.2, 0) is 17.8 Å². The van der Waals surface area contributed by atoms with Gasteiger partial charge in [-0.15, -0.1) is 0 Å². The molecule has 1 spiro atoms. The van der Waals surface area contributed by atoms with Gasteiger partial charge in [0.1, 0.15) is 11.9 Å². The minimum absolute atomic E-state index is 0.0278. The van der Waals surface area contributed by atoms with E-state index in [0.717, 1.165) is 55.6 Å². The molecule has 2 aliphatic heterocycles. The summed E-state index contributed by atoms with van der Waals surface area (Å²) in [5.41, 5.74) is 7.63. The second-order valence-electron chi connectivity index (χ2n) is 13.1. The lowest BCUT2D eigenvalue weighted by Gasteiger charge is -2.37. The highest BCUT2D eigenvalue weighted by atomic mass is 16.5. The molecule has 1 N–H and O–H groups in total. The lowest BCUT2D eigenvalue weighted by molar-refractivity contribution is -0.142. The van der Waals surface area contributed by atoms with Gasteiger partial charge in [0.15, 0.2) is 0 Å². The largest absolute Gasteiger partial charge is 0.485 e. The van der Waals surface area contributed by atoms with Crippen molar-refractivity contribution in [1.29, 1.82) is 0 Å². The molecule has 42 heavy (non-hydrogen) atoms. The first-order valence-electron chi connectivity index (χ1n) is 15.8. The van der Waals surface area contributed by atoms with Gasteiger partial charge in [0.2, 0.25) is 5.88 Å². The van der Waals surface area contributed by atoms with Crippen LogP contribution in [0.3, 0.4) is 0 Å². The molecule has 2 saturated carbocycles. The molecule has 7 rings (SSSR count). The van der Waals surface area contributed by atoms with Crippen molar-refractivity contribution in [3.8, 4) is 22.8 Å². The number of hydrogen-bond acceptors (Lipinski definition) is 5. The number of carbonyl (C=O) groups is 1. The number of nitrogens with zero attached hydrogens (tertiary/aromatic N) is 2. The van der Waals surface area contributed by atoms with Crippen molar-refractivity contribution in [2.45, 2.75) is 88.8 Å². The number of pyridine rings is 1. The number of ether oxygens (including phenoxy) is 2. The Labute approximate surface area is 249 Å². The van der Waals surface area contributed by atoms with E-state index in [1.165, 1.54) is 54.4 Å². The normalized spacial score (nSPS) is 22.6. The Morgan fingerprint density at radius 2 is 1.90 bits per heavy atom. The van der Waals surface area contributed by atoms with Crippen LogP contribution in [0.4, 0.5) is 0 Å². The van der Waals surface area contributed by atoms with Crippen LogP contribution in [0.5, 0.6) is 11.6 Å². The highest BCUT2D eigenvalue weighted by Crippen LogP contribution is 2.50. The van der Waals surface area contributed by atoms with Gasteiger partial charge in [-0.1, -0.05) is 37.6 Å². The predicted molar refractivity (Wildman–Crippen MR) is 163 cm³/mol. The summed E-state index contributed by atoms with van der Waals surface area (Å²) in [4.78, 5) is 19.0. The van der Waals surface area contributed by atoms with Gasteiger partial charge in [0, 0.05) is 24.3 Å². The third-order valence-electron chi connectivity index (χ3n) is 10.4. The molecule has 1 unspecified atom stereocenters. The third kappa shape index (κ3) is 5.30. The van der Waals surface area contributed by atoms with Crippen LogP contribution >= 0.6 is 0 Å². The fourth-order valence-electron chi connectivity index (χ4n) is 7.64. The molecule has 3 aromatic rings. The summed E-state index contributed by atoms with van der Waals surface area (Å²) >= 11 is 0. The first kappa shape index (κ1) is 27.5. The molecule has 3 fully saturated rings. The first-order valence-corrected chi connectivity index (χ1v) is 15.8. The standard InChI is InChI=1S/C36H42N2O4/c1-23(35(39)40)34(25-6-7-25)28-8-5-24-10-12-31(42-32(24)20-28)30-11-9-26(27-13-17-37-33(21-27)41-2)19-29(30)22-38-18-4-3-14-36(38)15-16-36/h5,8-9,11,13,17,19-21,23,25,31,34H,3-4,6-7,10,12,14-16,18,22H2,1-2H3,(H,39,40)/t23-,31?,34-/m0/s1. The van der Waals surface area contributed by atoms with Gasteiger partial charge >= 0.3 is 5.97 Å². The summed E-state index contributed by atoms with van der Waals surface area (Å²) in [5.74, 6) is 0.927. The molecule has 0 radical (unpaired) electrons. The summed E-state index contributed by atoms with van der Waals surface area (Å²) in [6.07, 6.45) is 12.5. The van der Waals surface area contributed by atoms with E-state index in [2.05, 4.69) is 46.3 Å². The Kier molecular flexibility index (Phi) is 7.21. The van der Waals surface area contributed by atoms with E-state index in [4.69, 9.17) is 9.47 Å². The number of carboxylic acid groups (broad SMARTS) is 1. The number of methoxy groups -OCH3 is 1. The highest BCUT2D eigenvalue weighted by Gasteiger charge is 2.48. The minimum atomic E-state index is -0.717. The van der Waals surface area contributed by atoms with Crippen molar-refractivity contribution in [3.63, 3.8) is 0 Å². The lowest BCUT2D eigenvalue weighted by Crippen LogP contribution is -2.41. The third-order valence-corrected chi connectivity index (χ3v) is 10.4. The van der Waals surface area contributed by atoms with E-state index in [1.807, 2.05) is 25.3 Å². The molecule has 1 saturated heterocycles. The van der Waals surface area contributed by atoms with E-state index in [0.29, 0.717) is 17.3 Å². The van der Waals surface area contributed by atoms with E-state index in [9.17, 15) is 9.90 Å². The van der Waals surface area contributed by atoms with Gasteiger partial charge in [0.25, 0.3) is 0 Å². The van der Waals surface area contributed by atoms with E-state index < -0.39 is 11.9 Å². The number of hydrogen-bond donors (Lipinski definition) is 1. The first-order chi connectivity index (χ1) is 20.4. The molecular weight excluding hydrogens is 524 g/mol. The number of rotatable bonds is 9. The zero-order valence-corrected chi connectivity index (χ0v) is 24.9. The van der Waals surface area contributed by atoms with E-state index in [-0.39, 0.29) is 12.0 Å². The highest BCUT2D eigenvalue weighted by molar-refractivity contribution is 5.71. The number of fused-ring (bicyclic) bond motifs is 1. The van der Waals surface area contributed by atoms with Gasteiger partial charge < -0.3 is 14.6 Å². The smallest absolute Gasteiger partial charge is 0.306 e. The Balaban J connectivity index is 1.21. The molecule has 0 amide bonds. The van der Waals surface area contributed by atoms with Crippen molar-refractivity contribution in [2.24, 2.45) is 11.8 Å². The number of aryl methyl sites for hydroxylation is 1. The molecule has 6 nitrogen and oxygen atoms in total. The zero-order valence-electron chi connectivity index (χ0n) is 24.9. The number of aliphatic carboxylic acids is 1. The molecule has 3 atom stereocenters. The Bertz CT molecular complexity index is 1480. The molecule has 6 heteroatoms. The average molecular weight is 567 g/mol. The van der Waals surface area contributed by atoms with E-state index >= 15 is 0 Å². The van der Waals surface area contributed by atoms with Crippen LogP contribution in [0.2, 0.25) is 0 Å².